The van der Waals surface area contributed by atoms with Crippen molar-refractivity contribution in [3.05, 3.63) is 52.1 Å². The molecule has 1 heterocycles. The maximum atomic E-state index is 12.1. The van der Waals surface area contributed by atoms with Crippen molar-refractivity contribution in [2.75, 3.05) is 0 Å². The Labute approximate surface area is 145 Å². The largest absolute Gasteiger partial charge is 0.452 e. The summed E-state index contributed by atoms with van der Waals surface area (Å²) in [4.78, 5) is 32.6. The van der Waals surface area contributed by atoms with Crippen molar-refractivity contribution < 1.29 is 29.0 Å². The van der Waals surface area contributed by atoms with Gasteiger partial charge in [-0.3, -0.25) is 10.1 Å². The van der Waals surface area contributed by atoms with Gasteiger partial charge < -0.3 is 9.47 Å². The summed E-state index contributed by atoms with van der Waals surface area (Å²) in [5, 5.41) is 10.6. The molecule has 1 aliphatic rings. The highest BCUT2D eigenvalue weighted by atomic mass is 17.2. The monoisotopic (exact) mass is 351 g/mol. The number of ether oxygens (including phenoxy) is 2. The Balaban J connectivity index is 1.94. The van der Waals surface area contributed by atoms with E-state index in [1.165, 1.54) is 24.3 Å². The Morgan fingerprint density at radius 1 is 1.20 bits per heavy atom. The lowest BCUT2D eigenvalue weighted by Crippen LogP contribution is -2.38. The smallest absolute Gasteiger partial charge is 0.338 e. The van der Waals surface area contributed by atoms with E-state index in [1.54, 1.807) is 19.1 Å². The number of nitrogens with zero attached hydrogens (tertiary/aromatic N) is 1. The van der Waals surface area contributed by atoms with Gasteiger partial charge in [-0.25, -0.2) is 9.68 Å². The zero-order valence-corrected chi connectivity index (χ0v) is 14.5. The number of hydrogen-bond donors (Lipinski definition) is 0. The van der Waals surface area contributed by atoms with Crippen LogP contribution in [-0.2, 0) is 19.2 Å². The van der Waals surface area contributed by atoms with Gasteiger partial charge in [0.1, 0.15) is 6.10 Å². The fraction of sp³-hybridized carbons (Fsp3) is 0.471. The van der Waals surface area contributed by atoms with Crippen LogP contribution in [0.3, 0.4) is 0 Å². The minimum Gasteiger partial charge on any atom is -0.452 e. The van der Waals surface area contributed by atoms with Crippen LogP contribution in [-0.4, -0.2) is 35.0 Å². The lowest BCUT2D eigenvalue weighted by Gasteiger charge is -2.30. The number of carbonyl (C=O) groups excluding carboxylic acids is 1. The van der Waals surface area contributed by atoms with Crippen LogP contribution in [0.25, 0.3) is 0 Å². The van der Waals surface area contributed by atoms with Crippen LogP contribution in [0.5, 0.6) is 0 Å². The third-order valence-electron chi connectivity index (χ3n) is 3.22. The van der Waals surface area contributed by atoms with Crippen LogP contribution in [0.1, 0.15) is 38.1 Å². The fourth-order valence-electron chi connectivity index (χ4n) is 1.98. The summed E-state index contributed by atoms with van der Waals surface area (Å²) in [6, 6.07) is 5.20. The number of hydrogen-bond acceptors (Lipinski definition) is 7. The highest BCUT2D eigenvalue weighted by molar-refractivity contribution is 5.89. The lowest BCUT2D eigenvalue weighted by molar-refractivity contribution is -0.411. The Hall–Kier alpha value is -2.29. The number of non-ortho nitro benzene ring substituents is 1. The van der Waals surface area contributed by atoms with Crippen LogP contribution in [0.15, 0.2) is 36.4 Å². The molecule has 0 saturated carbocycles. The highest BCUT2D eigenvalue weighted by Gasteiger charge is 2.29. The Morgan fingerprint density at radius 3 is 2.36 bits per heavy atom. The first kappa shape index (κ1) is 19.0. The second kappa shape index (κ2) is 7.73. The number of carbonyl (C=O) groups is 1. The molecule has 0 radical (unpaired) electrons. The lowest BCUT2D eigenvalue weighted by atomic mass is 10.1. The van der Waals surface area contributed by atoms with Gasteiger partial charge in [0.25, 0.3) is 5.69 Å². The van der Waals surface area contributed by atoms with Gasteiger partial charge in [0.2, 0.25) is 6.29 Å². The summed E-state index contributed by atoms with van der Waals surface area (Å²) in [6.45, 7) is 7.28. The van der Waals surface area contributed by atoms with Crippen LogP contribution in [0.2, 0.25) is 0 Å². The highest BCUT2D eigenvalue weighted by Crippen LogP contribution is 2.20. The number of esters is 1. The van der Waals surface area contributed by atoms with Crippen LogP contribution in [0.4, 0.5) is 5.69 Å². The summed E-state index contributed by atoms with van der Waals surface area (Å²) in [5.74, 6) is -0.592. The third kappa shape index (κ3) is 5.63. The summed E-state index contributed by atoms with van der Waals surface area (Å²) < 4.78 is 10.9. The van der Waals surface area contributed by atoms with E-state index < -0.39 is 35.0 Å². The number of benzene rings is 1. The van der Waals surface area contributed by atoms with Crippen LogP contribution < -0.4 is 0 Å². The van der Waals surface area contributed by atoms with Gasteiger partial charge in [-0.05, 0) is 52.0 Å². The SMILES string of the molecule is C[C@@H]1O[C@@H](OOC(C)(C)C)C=C[C@H]1OC(=O)c1ccc([N+](=O)[O-])cc1. The summed E-state index contributed by atoms with van der Waals surface area (Å²) >= 11 is 0. The molecule has 0 spiro atoms. The van der Waals surface area contributed by atoms with Gasteiger partial charge in [0.15, 0.2) is 0 Å². The molecule has 0 N–H and O–H groups in total. The van der Waals surface area contributed by atoms with Gasteiger partial charge in [-0.1, -0.05) is 0 Å². The van der Waals surface area contributed by atoms with E-state index in [2.05, 4.69) is 0 Å². The zero-order valence-electron chi connectivity index (χ0n) is 14.5. The average Bonchev–Trinajstić information content (AvgIpc) is 2.54. The quantitative estimate of drug-likeness (QED) is 0.264. The first-order chi connectivity index (χ1) is 11.7. The molecule has 0 aromatic heterocycles. The molecule has 1 aromatic rings. The molecule has 0 amide bonds. The van der Waals surface area contributed by atoms with Gasteiger partial charge in [0, 0.05) is 12.1 Å². The van der Waals surface area contributed by atoms with Crippen molar-refractivity contribution in [3.8, 4) is 0 Å². The van der Waals surface area contributed by atoms with Crippen molar-refractivity contribution in [1.29, 1.82) is 0 Å². The predicted molar refractivity (Wildman–Crippen MR) is 87.7 cm³/mol. The van der Waals surface area contributed by atoms with Gasteiger partial charge in [-0.2, -0.15) is 4.89 Å². The number of rotatable bonds is 5. The summed E-state index contributed by atoms with van der Waals surface area (Å²) in [7, 11) is 0. The minimum absolute atomic E-state index is 0.0929. The third-order valence-corrected chi connectivity index (χ3v) is 3.22. The first-order valence-electron chi connectivity index (χ1n) is 7.79. The average molecular weight is 351 g/mol. The maximum absolute atomic E-state index is 12.1. The molecular formula is C17H21NO7. The molecular weight excluding hydrogens is 330 g/mol. The maximum Gasteiger partial charge on any atom is 0.338 e. The van der Waals surface area contributed by atoms with Crippen molar-refractivity contribution in [3.63, 3.8) is 0 Å². The molecule has 8 nitrogen and oxygen atoms in total. The van der Waals surface area contributed by atoms with E-state index in [1.807, 2.05) is 20.8 Å². The molecule has 0 bridgehead atoms. The van der Waals surface area contributed by atoms with Crippen molar-refractivity contribution >= 4 is 11.7 Å². The Morgan fingerprint density at radius 2 is 1.84 bits per heavy atom. The van der Waals surface area contributed by atoms with Crippen LogP contribution in [0, 0.1) is 10.1 Å². The van der Waals surface area contributed by atoms with Crippen molar-refractivity contribution in [1.82, 2.24) is 0 Å². The molecule has 0 saturated heterocycles. The normalized spacial score (nSPS) is 23.3. The second-order valence-electron chi connectivity index (χ2n) is 6.56. The van der Waals surface area contributed by atoms with E-state index in [4.69, 9.17) is 19.2 Å². The molecule has 8 heteroatoms. The number of nitro groups is 1. The molecule has 0 aliphatic carbocycles. The second-order valence-corrected chi connectivity index (χ2v) is 6.56. The topological polar surface area (TPSA) is 97.1 Å². The molecule has 25 heavy (non-hydrogen) atoms. The summed E-state index contributed by atoms with van der Waals surface area (Å²) in [6.07, 6.45) is 1.52. The molecule has 2 rings (SSSR count). The Bertz CT molecular complexity index is 648. The van der Waals surface area contributed by atoms with E-state index >= 15 is 0 Å². The molecule has 1 aromatic carbocycles. The fourth-order valence-corrected chi connectivity index (χ4v) is 1.98. The molecule has 136 valence electrons. The van der Waals surface area contributed by atoms with Gasteiger partial charge >= 0.3 is 5.97 Å². The number of nitro benzene ring substituents is 1. The molecule has 1 aliphatic heterocycles. The first-order valence-corrected chi connectivity index (χ1v) is 7.79. The molecule has 0 unspecified atom stereocenters. The van der Waals surface area contributed by atoms with Crippen molar-refractivity contribution in [2.45, 2.75) is 51.8 Å². The molecule has 0 fully saturated rings. The van der Waals surface area contributed by atoms with E-state index in [9.17, 15) is 14.9 Å². The van der Waals surface area contributed by atoms with Gasteiger partial charge in [0.05, 0.1) is 22.2 Å². The minimum atomic E-state index is -0.691. The van der Waals surface area contributed by atoms with E-state index in [0.29, 0.717) is 0 Å². The van der Waals surface area contributed by atoms with E-state index in [0.717, 1.165) is 0 Å². The Kier molecular flexibility index (Phi) is 5.89. The predicted octanol–water partition coefficient (Wildman–Crippen LogP) is 3.17. The van der Waals surface area contributed by atoms with Crippen LogP contribution >= 0.6 is 0 Å². The van der Waals surface area contributed by atoms with Crippen molar-refractivity contribution in [2.24, 2.45) is 0 Å². The van der Waals surface area contributed by atoms with E-state index in [-0.39, 0.29) is 11.3 Å². The zero-order chi connectivity index (χ0) is 18.6. The molecule has 3 atom stereocenters. The standard InChI is InChI=1S/C17H21NO7/c1-11-14(9-10-15(22-11)24-25-17(2,3)4)23-16(19)12-5-7-13(8-6-12)18(20)21/h5-11,14-15H,1-4H3/t11-,14+,15-/m0/s1. The summed E-state index contributed by atoms with van der Waals surface area (Å²) in [5.41, 5.74) is -0.343. The van der Waals surface area contributed by atoms with Gasteiger partial charge in [-0.15, -0.1) is 0 Å².